The van der Waals surface area contributed by atoms with E-state index < -0.39 is 12.0 Å². The molecule has 1 aromatic carbocycles. The maximum absolute atomic E-state index is 12.4. The monoisotopic (exact) mass is 391 g/mol. The van der Waals surface area contributed by atoms with E-state index in [0.29, 0.717) is 17.3 Å². The standard InChI is InChI=1S/C19H21NO6S/c1-13(21)20-16(12-27-18(20)17-4-3-9-25-17)19(22)26-11-10-24-15-7-5-14(23-2)6-8-15/h3-9,16,18H,10-12H2,1-2H3/t16-,18-/m1/s1. The first-order valence-corrected chi connectivity index (χ1v) is 9.52. The molecule has 1 aliphatic rings. The van der Waals surface area contributed by atoms with Crippen LogP contribution in [0.1, 0.15) is 18.1 Å². The van der Waals surface area contributed by atoms with Crippen LogP contribution in [0.25, 0.3) is 0 Å². The van der Waals surface area contributed by atoms with Crippen molar-refractivity contribution in [1.29, 1.82) is 0 Å². The summed E-state index contributed by atoms with van der Waals surface area (Å²) in [5, 5.41) is -0.314. The van der Waals surface area contributed by atoms with Gasteiger partial charge < -0.3 is 23.5 Å². The lowest BCUT2D eigenvalue weighted by molar-refractivity contribution is -0.154. The second-order valence-corrected chi connectivity index (χ2v) is 6.95. The highest BCUT2D eigenvalue weighted by atomic mass is 32.2. The summed E-state index contributed by atoms with van der Waals surface area (Å²) in [6.07, 6.45) is 1.55. The maximum Gasteiger partial charge on any atom is 0.329 e. The molecule has 144 valence electrons. The van der Waals surface area contributed by atoms with Gasteiger partial charge in [0.15, 0.2) is 0 Å². The van der Waals surface area contributed by atoms with E-state index >= 15 is 0 Å². The molecule has 1 fully saturated rings. The molecule has 1 aliphatic heterocycles. The molecule has 0 radical (unpaired) electrons. The molecule has 1 amide bonds. The summed E-state index contributed by atoms with van der Waals surface area (Å²) >= 11 is 1.48. The molecular formula is C19H21NO6S. The Kier molecular flexibility index (Phi) is 6.28. The maximum atomic E-state index is 12.4. The summed E-state index contributed by atoms with van der Waals surface area (Å²) in [5.41, 5.74) is 0. The molecule has 0 aliphatic carbocycles. The normalized spacial score (nSPS) is 19.0. The largest absolute Gasteiger partial charge is 0.497 e. The highest BCUT2D eigenvalue weighted by Crippen LogP contribution is 2.41. The van der Waals surface area contributed by atoms with Crippen molar-refractivity contribution in [1.82, 2.24) is 4.90 Å². The van der Waals surface area contributed by atoms with Crippen LogP contribution in [0.4, 0.5) is 0 Å². The number of ether oxygens (including phenoxy) is 3. The van der Waals surface area contributed by atoms with E-state index in [2.05, 4.69) is 0 Å². The highest BCUT2D eigenvalue weighted by molar-refractivity contribution is 7.99. The Labute approximate surface area is 161 Å². The van der Waals surface area contributed by atoms with Crippen LogP contribution in [0.5, 0.6) is 11.5 Å². The van der Waals surface area contributed by atoms with Crippen LogP contribution >= 0.6 is 11.8 Å². The Morgan fingerprint density at radius 3 is 2.56 bits per heavy atom. The zero-order valence-electron chi connectivity index (χ0n) is 15.1. The summed E-state index contributed by atoms with van der Waals surface area (Å²) in [6, 6.07) is 10.1. The summed E-state index contributed by atoms with van der Waals surface area (Å²) in [6.45, 7) is 1.76. The molecular weight excluding hydrogens is 370 g/mol. The first-order valence-electron chi connectivity index (χ1n) is 8.47. The predicted molar refractivity (Wildman–Crippen MR) is 99.7 cm³/mol. The lowest BCUT2D eigenvalue weighted by atomic mass is 10.2. The van der Waals surface area contributed by atoms with Crippen LogP contribution in [0.3, 0.4) is 0 Å². The molecule has 0 saturated carbocycles. The van der Waals surface area contributed by atoms with E-state index in [1.54, 1.807) is 49.8 Å². The average molecular weight is 391 g/mol. The van der Waals surface area contributed by atoms with Crippen LogP contribution in [0.2, 0.25) is 0 Å². The smallest absolute Gasteiger partial charge is 0.329 e. The fraction of sp³-hybridized carbons (Fsp3) is 0.368. The lowest BCUT2D eigenvalue weighted by Gasteiger charge is -2.25. The lowest BCUT2D eigenvalue weighted by Crippen LogP contribution is -2.43. The van der Waals surface area contributed by atoms with Crippen molar-refractivity contribution in [2.45, 2.75) is 18.3 Å². The average Bonchev–Trinajstić information content (AvgIpc) is 3.34. The Morgan fingerprint density at radius 1 is 1.19 bits per heavy atom. The van der Waals surface area contributed by atoms with Gasteiger partial charge in [-0.2, -0.15) is 0 Å². The van der Waals surface area contributed by atoms with Crippen LogP contribution in [-0.4, -0.2) is 48.9 Å². The predicted octanol–water partition coefficient (Wildman–Crippen LogP) is 2.87. The fourth-order valence-corrected chi connectivity index (χ4v) is 4.21. The fourth-order valence-electron chi connectivity index (χ4n) is 2.79. The van der Waals surface area contributed by atoms with Crippen molar-refractivity contribution < 1.29 is 28.2 Å². The van der Waals surface area contributed by atoms with Crippen LogP contribution in [-0.2, 0) is 14.3 Å². The third-order valence-electron chi connectivity index (χ3n) is 4.08. The molecule has 1 aromatic heterocycles. The second kappa shape index (κ2) is 8.85. The Hall–Kier alpha value is -2.61. The molecule has 27 heavy (non-hydrogen) atoms. The second-order valence-electron chi connectivity index (χ2n) is 5.83. The Bertz CT molecular complexity index is 761. The number of hydrogen-bond donors (Lipinski definition) is 0. The van der Waals surface area contributed by atoms with E-state index in [1.807, 2.05) is 0 Å². The van der Waals surface area contributed by atoms with Crippen molar-refractivity contribution in [3.8, 4) is 11.5 Å². The van der Waals surface area contributed by atoms with Gasteiger partial charge in [-0.15, -0.1) is 11.8 Å². The van der Waals surface area contributed by atoms with Crippen molar-refractivity contribution in [3.05, 3.63) is 48.4 Å². The molecule has 0 unspecified atom stereocenters. The minimum Gasteiger partial charge on any atom is -0.497 e. The van der Waals surface area contributed by atoms with Gasteiger partial charge in [0.1, 0.15) is 41.9 Å². The topological polar surface area (TPSA) is 78.2 Å². The van der Waals surface area contributed by atoms with Gasteiger partial charge in [-0.25, -0.2) is 4.79 Å². The van der Waals surface area contributed by atoms with Crippen molar-refractivity contribution in [3.63, 3.8) is 0 Å². The van der Waals surface area contributed by atoms with E-state index in [0.717, 1.165) is 5.75 Å². The molecule has 0 N–H and O–H groups in total. The number of esters is 1. The molecule has 3 rings (SSSR count). The van der Waals surface area contributed by atoms with Crippen LogP contribution in [0, 0.1) is 0 Å². The van der Waals surface area contributed by atoms with Crippen LogP contribution < -0.4 is 9.47 Å². The minimum atomic E-state index is -0.636. The quantitative estimate of drug-likeness (QED) is 0.530. The van der Waals surface area contributed by atoms with Gasteiger partial charge >= 0.3 is 5.97 Å². The van der Waals surface area contributed by atoms with Crippen molar-refractivity contribution >= 4 is 23.6 Å². The zero-order chi connectivity index (χ0) is 19.2. The summed E-state index contributed by atoms with van der Waals surface area (Å²) < 4.78 is 21.3. The van der Waals surface area contributed by atoms with Gasteiger partial charge in [0.25, 0.3) is 0 Å². The number of benzene rings is 1. The van der Waals surface area contributed by atoms with Gasteiger partial charge in [0.05, 0.1) is 13.4 Å². The first kappa shape index (κ1) is 19.2. The number of hydrogen-bond acceptors (Lipinski definition) is 7. The van der Waals surface area contributed by atoms with E-state index in [1.165, 1.54) is 23.6 Å². The Morgan fingerprint density at radius 2 is 1.93 bits per heavy atom. The van der Waals surface area contributed by atoms with Gasteiger partial charge in [-0.05, 0) is 36.4 Å². The molecule has 2 atom stereocenters. The molecule has 8 heteroatoms. The Balaban J connectivity index is 1.50. The zero-order valence-corrected chi connectivity index (χ0v) is 15.9. The summed E-state index contributed by atoms with van der Waals surface area (Å²) in [7, 11) is 1.59. The molecule has 2 heterocycles. The van der Waals surface area contributed by atoms with Crippen LogP contribution in [0.15, 0.2) is 47.1 Å². The molecule has 2 aromatic rings. The number of amides is 1. The third-order valence-corrected chi connectivity index (χ3v) is 5.36. The third kappa shape index (κ3) is 4.57. The SMILES string of the molecule is COc1ccc(OCCOC(=O)[C@H]2CS[C@H](c3ccco3)N2C(C)=O)cc1. The van der Waals surface area contributed by atoms with Gasteiger partial charge in [-0.3, -0.25) is 4.79 Å². The summed E-state index contributed by atoms with van der Waals surface area (Å²) in [4.78, 5) is 26.0. The number of methoxy groups -OCH3 is 1. The van der Waals surface area contributed by atoms with Gasteiger partial charge in [0, 0.05) is 12.7 Å². The number of furan rings is 1. The molecule has 7 nitrogen and oxygen atoms in total. The number of carbonyl (C=O) groups excluding carboxylic acids is 2. The van der Waals surface area contributed by atoms with Gasteiger partial charge in [0.2, 0.25) is 5.91 Å². The first-order chi connectivity index (χ1) is 13.1. The molecule has 0 bridgehead atoms. The van der Waals surface area contributed by atoms with E-state index in [4.69, 9.17) is 18.6 Å². The number of nitrogens with zero attached hydrogens (tertiary/aromatic N) is 1. The van der Waals surface area contributed by atoms with Crippen molar-refractivity contribution in [2.75, 3.05) is 26.1 Å². The highest BCUT2D eigenvalue weighted by Gasteiger charge is 2.43. The number of carbonyl (C=O) groups is 2. The molecule has 1 saturated heterocycles. The molecule has 0 spiro atoms. The number of rotatable bonds is 7. The van der Waals surface area contributed by atoms with Crippen molar-refractivity contribution in [2.24, 2.45) is 0 Å². The number of thioether (sulfide) groups is 1. The van der Waals surface area contributed by atoms with Gasteiger partial charge in [-0.1, -0.05) is 0 Å². The summed E-state index contributed by atoms with van der Waals surface area (Å²) in [5.74, 6) is 1.87. The minimum absolute atomic E-state index is 0.100. The van der Waals surface area contributed by atoms with E-state index in [-0.39, 0.29) is 24.5 Å². The van der Waals surface area contributed by atoms with E-state index in [9.17, 15) is 9.59 Å².